The fourth-order valence-electron chi connectivity index (χ4n) is 2.80. The number of rotatable bonds is 0. The zero-order chi connectivity index (χ0) is 12.2. The number of hydrogen-bond donors (Lipinski definition) is 0. The second kappa shape index (κ2) is 3.43. The number of nitrogens with zero attached hydrogens (tertiary/aromatic N) is 1. The van der Waals surface area contributed by atoms with Gasteiger partial charge < -0.3 is 0 Å². The highest BCUT2D eigenvalue weighted by Crippen LogP contribution is 2.39. The Morgan fingerprint density at radius 3 is 2.47 bits per heavy atom. The van der Waals surface area contributed by atoms with Crippen molar-refractivity contribution in [3.63, 3.8) is 0 Å². The number of aromatic nitrogens is 1. The Labute approximate surface area is 103 Å². The molecule has 1 nitrogen and oxygen atoms in total. The van der Waals surface area contributed by atoms with Gasteiger partial charge in [0.05, 0.1) is 5.69 Å². The van der Waals surface area contributed by atoms with Gasteiger partial charge in [0.25, 0.3) is 0 Å². The standard InChI is InChI=1S/C16H17N/c1-9-5-6-17-16-13(9)8-14-12(4)11(3)10(2)7-15(14)16/h5-7H,8H2,1-4H3. The molecule has 0 spiro atoms. The van der Waals surface area contributed by atoms with E-state index in [-0.39, 0.29) is 0 Å². The van der Waals surface area contributed by atoms with Crippen LogP contribution in [0, 0.1) is 27.7 Å². The second-order valence-corrected chi connectivity index (χ2v) is 5.10. The van der Waals surface area contributed by atoms with Gasteiger partial charge in [-0.15, -0.1) is 0 Å². The normalized spacial score (nSPS) is 12.5. The summed E-state index contributed by atoms with van der Waals surface area (Å²) in [4.78, 5) is 4.57. The third kappa shape index (κ3) is 1.35. The highest BCUT2D eigenvalue weighted by atomic mass is 14.7. The van der Waals surface area contributed by atoms with Crippen LogP contribution in [-0.4, -0.2) is 4.98 Å². The average molecular weight is 223 g/mol. The quantitative estimate of drug-likeness (QED) is 0.563. The minimum absolute atomic E-state index is 1.05. The van der Waals surface area contributed by atoms with E-state index in [0.29, 0.717) is 0 Å². The molecule has 0 amide bonds. The van der Waals surface area contributed by atoms with Crippen molar-refractivity contribution >= 4 is 0 Å². The van der Waals surface area contributed by atoms with Crippen molar-refractivity contribution in [3.8, 4) is 11.3 Å². The van der Waals surface area contributed by atoms with Gasteiger partial charge in [0, 0.05) is 18.2 Å². The molecule has 0 radical (unpaired) electrons. The van der Waals surface area contributed by atoms with Gasteiger partial charge in [0.15, 0.2) is 0 Å². The first-order chi connectivity index (χ1) is 8.09. The van der Waals surface area contributed by atoms with Crippen LogP contribution in [0.25, 0.3) is 11.3 Å². The summed E-state index contributed by atoms with van der Waals surface area (Å²) in [6.45, 7) is 8.83. The predicted molar refractivity (Wildman–Crippen MR) is 71.4 cm³/mol. The molecule has 0 aliphatic heterocycles. The molecule has 0 bridgehead atoms. The molecule has 1 heteroatoms. The Kier molecular flexibility index (Phi) is 2.12. The van der Waals surface area contributed by atoms with Crippen molar-refractivity contribution < 1.29 is 0 Å². The lowest BCUT2D eigenvalue weighted by Gasteiger charge is -2.10. The minimum atomic E-state index is 1.05. The minimum Gasteiger partial charge on any atom is -0.256 e. The summed E-state index contributed by atoms with van der Waals surface area (Å²) in [5, 5.41) is 0. The van der Waals surface area contributed by atoms with Gasteiger partial charge in [-0.2, -0.15) is 0 Å². The smallest absolute Gasteiger partial charge is 0.0743 e. The van der Waals surface area contributed by atoms with Gasteiger partial charge in [-0.1, -0.05) is 0 Å². The fraction of sp³-hybridized carbons (Fsp3) is 0.312. The molecule has 0 fully saturated rings. The Morgan fingerprint density at radius 2 is 1.71 bits per heavy atom. The number of benzene rings is 1. The van der Waals surface area contributed by atoms with Crippen molar-refractivity contribution in [3.05, 3.63) is 51.7 Å². The molecule has 86 valence electrons. The van der Waals surface area contributed by atoms with Crippen LogP contribution >= 0.6 is 0 Å². The Morgan fingerprint density at radius 1 is 0.941 bits per heavy atom. The van der Waals surface area contributed by atoms with Crippen molar-refractivity contribution in [1.29, 1.82) is 0 Å². The van der Waals surface area contributed by atoms with Crippen molar-refractivity contribution in [1.82, 2.24) is 4.98 Å². The lowest BCUT2D eigenvalue weighted by Crippen LogP contribution is -1.93. The van der Waals surface area contributed by atoms with Crippen molar-refractivity contribution in [2.45, 2.75) is 34.1 Å². The van der Waals surface area contributed by atoms with Gasteiger partial charge >= 0.3 is 0 Å². The fourth-order valence-corrected chi connectivity index (χ4v) is 2.80. The number of aryl methyl sites for hydroxylation is 2. The highest BCUT2D eigenvalue weighted by Gasteiger charge is 2.23. The van der Waals surface area contributed by atoms with Crippen molar-refractivity contribution in [2.75, 3.05) is 0 Å². The molecule has 1 aliphatic rings. The average Bonchev–Trinajstić information content (AvgIpc) is 2.67. The third-order valence-corrected chi connectivity index (χ3v) is 4.19. The molecule has 0 saturated heterocycles. The van der Waals surface area contributed by atoms with Crippen LogP contribution in [0.15, 0.2) is 18.3 Å². The maximum Gasteiger partial charge on any atom is 0.0743 e. The summed E-state index contributed by atoms with van der Waals surface area (Å²) in [6.07, 6.45) is 2.98. The molecule has 0 saturated carbocycles. The molecular weight excluding hydrogens is 206 g/mol. The van der Waals surface area contributed by atoms with E-state index in [4.69, 9.17) is 0 Å². The van der Waals surface area contributed by atoms with Crippen LogP contribution in [0.3, 0.4) is 0 Å². The summed E-state index contributed by atoms with van der Waals surface area (Å²) in [5.74, 6) is 0. The first-order valence-corrected chi connectivity index (χ1v) is 6.14. The summed E-state index contributed by atoms with van der Waals surface area (Å²) in [7, 11) is 0. The summed E-state index contributed by atoms with van der Waals surface area (Å²) >= 11 is 0. The topological polar surface area (TPSA) is 12.9 Å². The highest BCUT2D eigenvalue weighted by molar-refractivity contribution is 5.77. The van der Waals surface area contributed by atoms with Crippen LogP contribution in [0.4, 0.5) is 0 Å². The van der Waals surface area contributed by atoms with E-state index < -0.39 is 0 Å². The predicted octanol–water partition coefficient (Wildman–Crippen LogP) is 3.89. The summed E-state index contributed by atoms with van der Waals surface area (Å²) in [6, 6.07) is 4.41. The van der Waals surface area contributed by atoms with Gasteiger partial charge in [0.1, 0.15) is 0 Å². The van der Waals surface area contributed by atoms with E-state index in [2.05, 4.69) is 44.8 Å². The summed E-state index contributed by atoms with van der Waals surface area (Å²) in [5.41, 5.74) is 11.0. The maximum atomic E-state index is 4.57. The van der Waals surface area contributed by atoms with Gasteiger partial charge in [-0.25, -0.2) is 0 Å². The van der Waals surface area contributed by atoms with E-state index in [0.717, 1.165) is 6.42 Å². The monoisotopic (exact) mass is 223 g/mol. The van der Waals surface area contributed by atoms with Crippen molar-refractivity contribution in [2.24, 2.45) is 0 Å². The Hall–Kier alpha value is -1.63. The van der Waals surface area contributed by atoms with E-state index in [1.165, 1.54) is 44.6 Å². The van der Waals surface area contributed by atoms with Gasteiger partial charge in [0.2, 0.25) is 0 Å². The van der Waals surface area contributed by atoms with Gasteiger partial charge in [-0.05, 0) is 73.2 Å². The van der Waals surface area contributed by atoms with E-state index in [9.17, 15) is 0 Å². The molecule has 17 heavy (non-hydrogen) atoms. The molecule has 0 N–H and O–H groups in total. The molecule has 1 heterocycles. The number of hydrogen-bond acceptors (Lipinski definition) is 1. The van der Waals surface area contributed by atoms with E-state index in [1.54, 1.807) is 0 Å². The molecule has 2 aromatic rings. The lowest BCUT2D eigenvalue weighted by molar-refractivity contribution is 1.14. The van der Waals surface area contributed by atoms with Crippen LogP contribution in [0.5, 0.6) is 0 Å². The Bertz CT molecular complexity index is 624. The zero-order valence-electron chi connectivity index (χ0n) is 10.9. The molecule has 3 rings (SSSR count). The van der Waals surface area contributed by atoms with Gasteiger partial charge in [-0.3, -0.25) is 4.98 Å². The number of fused-ring (bicyclic) bond motifs is 3. The van der Waals surface area contributed by atoms with Crippen LogP contribution in [0.1, 0.15) is 33.4 Å². The molecular formula is C16H17N. The second-order valence-electron chi connectivity index (χ2n) is 5.10. The Balaban J connectivity index is 2.35. The molecule has 1 aromatic carbocycles. The SMILES string of the molecule is Cc1cc2c(c(C)c1C)Cc1c(C)ccnc1-2. The summed E-state index contributed by atoms with van der Waals surface area (Å²) < 4.78 is 0. The zero-order valence-corrected chi connectivity index (χ0v) is 10.9. The molecule has 1 aromatic heterocycles. The third-order valence-electron chi connectivity index (χ3n) is 4.19. The van der Waals surface area contributed by atoms with E-state index in [1.807, 2.05) is 6.20 Å². The lowest BCUT2D eigenvalue weighted by atomic mass is 9.95. The molecule has 0 atom stereocenters. The first-order valence-electron chi connectivity index (χ1n) is 6.14. The molecule has 0 unspecified atom stereocenters. The van der Waals surface area contributed by atoms with Crippen LogP contribution in [-0.2, 0) is 6.42 Å². The van der Waals surface area contributed by atoms with Crippen LogP contribution in [0.2, 0.25) is 0 Å². The van der Waals surface area contributed by atoms with Crippen LogP contribution < -0.4 is 0 Å². The van der Waals surface area contributed by atoms with E-state index >= 15 is 0 Å². The first kappa shape index (κ1) is 10.5. The largest absolute Gasteiger partial charge is 0.256 e. The number of pyridine rings is 1. The molecule has 1 aliphatic carbocycles. The maximum absolute atomic E-state index is 4.57.